The smallest absolute Gasteiger partial charge is 0.231 e. The number of fused-ring (bicyclic) bond motifs is 1. The van der Waals surface area contributed by atoms with Gasteiger partial charge in [0, 0.05) is 5.56 Å². The number of ketones is 1. The van der Waals surface area contributed by atoms with Crippen molar-refractivity contribution in [2.24, 2.45) is 0 Å². The number of hydrogen-bond acceptors (Lipinski definition) is 6. The molecule has 0 radical (unpaired) electrons. The van der Waals surface area contributed by atoms with Crippen molar-refractivity contribution in [3.05, 3.63) is 60.4 Å². The van der Waals surface area contributed by atoms with Gasteiger partial charge in [-0.3, -0.25) is 4.79 Å². The molecule has 0 aliphatic carbocycles. The summed E-state index contributed by atoms with van der Waals surface area (Å²) in [7, 11) is 0. The quantitative estimate of drug-likeness (QED) is 0.526. The maximum Gasteiger partial charge on any atom is 0.231 e. The van der Waals surface area contributed by atoms with Crippen LogP contribution < -0.4 is 9.47 Å². The van der Waals surface area contributed by atoms with Gasteiger partial charge in [0.2, 0.25) is 11.9 Å². The number of rotatable bonds is 5. The van der Waals surface area contributed by atoms with E-state index < -0.39 is 0 Å². The van der Waals surface area contributed by atoms with Crippen LogP contribution in [0.5, 0.6) is 11.5 Å². The SMILES string of the molecule is O=C(CSc1ncn(-c2ccccc2)n1)c1ccc2c(c1)OCO2. The molecule has 0 atom stereocenters. The molecule has 0 fully saturated rings. The van der Waals surface area contributed by atoms with E-state index in [0.29, 0.717) is 22.2 Å². The van der Waals surface area contributed by atoms with Crippen molar-refractivity contribution < 1.29 is 14.3 Å². The summed E-state index contributed by atoms with van der Waals surface area (Å²) in [6.07, 6.45) is 1.64. The van der Waals surface area contributed by atoms with Crippen molar-refractivity contribution >= 4 is 17.5 Å². The lowest BCUT2D eigenvalue weighted by atomic mass is 10.1. The lowest BCUT2D eigenvalue weighted by molar-refractivity contribution is 0.102. The zero-order valence-corrected chi connectivity index (χ0v) is 13.4. The second kappa shape index (κ2) is 6.37. The summed E-state index contributed by atoms with van der Waals surface area (Å²) in [6, 6.07) is 14.9. The van der Waals surface area contributed by atoms with Crippen LogP contribution in [0.2, 0.25) is 0 Å². The fourth-order valence-electron chi connectivity index (χ4n) is 2.30. The fourth-order valence-corrected chi connectivity index (χ4v) is 3.00. The van der Waals surface area contributed by atoms with Gasteiger partial charge in [-0.2, -0.15) is 0 Å². The molecule has 4 rings (SSSR count). The number of benzene rings is 2. The number of nitrogens with zero attached hydrogens (tertiary/aromatic N) is 3. The molecular formula is C17H13N3O3S. The van der Waals surface area contributed by atoms with E-state index in [9.17, 15) is 4.79 Å². The molecule has 0 saturated heterocycles. The van der Waals surface area contributed by atoms with E-state index in [4.69, 9.17) is 9.47 Å². The second-order valence-corrected chi connectivity index (χ2v) is 6.03. The second-order valence-electron chi connectivity index (χ2n) is 5.09. The van der Waals surface area contributed by atoms with Crippen LogP contribution >= 0.6 is 11.8 Å². The Labute approximate surface area is 142 Å². The lowest BCUT2D eigenvalue weighted by Gasteiger charge is -2.01. The Morgan fingerprint density at radius 1 is 1.12 bits per heavy atom. The van der Waals surface area contributed by atoms with Gasteiger partial charge >= 0.3 is 0 Å². The molecule has 0 amide bonds. The van der Waals surface area contributed by atoms with Crippen LogP contribution in [0, 0.1) is 0 Å². The van der Waals surface area contributed by atoms with Gasteiger partial charge in [0.05, 0.1) is 11.4 Å². The number of para-hydroxylation sites is 1. The van der Waals surface area contributed by atoms with Gasteiger partial charge in [-0.25, -0.2) is 9.67 Å². The lowest BCUT2D eigenvalue weighted by Crippen LogP contribution is -2.02. The minimum absolute atomic E-state index is 0.00522. The predicted molar refractivity (Wildman–Crippen MR) is 89.0 cm³/mol. The summed E-state index contributed by atoms with van der Waals surface area (Å²) in [5.41, 5.74) is 1.52. The van der Waals surface area contributed by atoms with Gasteiger partial charge in [-0.05, 0) is 30.3 Å². The summed E-state index contributed by atoms with van der Waals surface area (Å²) < 4.78 is 12.2. The minimum Gasteiger partial charge on any atom is -0.454 e. The molecule has 0 saturated carbocycles. The normalized spacial score (nSPS) is 12.3. The summed E-state index contributed by atoms with van der Waals surface area (Å²) >= 11 is 1.31. The molecular weight excluding hydrogens is 326 g/mol. The van der Waals surface area contributed by atoms with Crippen LogP contribution in [0.3, 0.4) is 0 Å². The van der Waals surface area contributed by atoms with Crippen LogP contribution in [0.25, 0.3) is 5.69 Å². The van der Waals surface area contributed by atoms with Gasteiger partial charge in [-0.1, -0.05) is 30.0 Å². The molecule has 0 spiro atoms. The molecule has 1 aliphatic heterocycles. The molecule has 2 heterocycles. The molecule has 0 unspecified atom stereocenters. The van der Waals surface area contributed by atoms with E-state index >= 15 is 0 Å². The standard InChI is InChI=1S/C17H13N3O3S/c21-14(12-6-7-15-16(8-12)23-11-22-15)9-24-17-18-10-20(19-17)13-4-2-1-3-5-13/h1-8,10H,9,11H2. The number of aromatic nitrogens is 3. The Morgan fingerprint density at radius 2 is 1.96 bits per heavy atom. The third-order valence-electron chi connectivity index (χ3n) is 3.52. The van der Waals surface area contributed by atoms with Crippen LogP contribution in [0.4, 0.5) is 0 Å². The highest BCUT2D eigenvalue weighted by Crippen LogP contribution is 2.32. The van der Waals surface area contributed by atoms with E-state index in [1.807, 2.05) is 30.3 Å². The van der Waals surface area contributed by atoms with E-state index in [1.165, 1.54) is 11.8 Å². The summed E-state index contributed by atoms with van der Waals surface area (Å²) in [5, 5.41) is 4.94. The number of hydrogen-bond donors (Lipinski definition) is 0. The fraction of sp³-hybridized carbons (Fsp3) is 0.118. The molecule has 2 aromatic carbocycles. The largest absolute Gasteiger partial charge is 0.454 e. The molecule has 7 heteroatoms. The Bertz CT molecular complexity index is 880. The van der Waals surface area contributed by atoms with E-state index in [-0.39, 0.29) is 18.3 Å². The van der Waals surface area contributed by atoms with Crippen molar-refractivity contribution in [2.75, 3.05) is 12.5 Å². The third kappa shape index (κ3) is 2.98. The first-order valence-electron chi connectivity index (χ1n) is 7.32. The van der Waals surface area contributed by atoms with Gasteiger partial charge in [0.25, 0.3) is 0 Å². The van der Waals surface area contributed by atoms with E-state index in [0.717, 1.165) is 5.69 Å². The monoisotopic (exact) mass is 339 g/mol. The highest BCUT2D eigenvalue weighted by atomic mass is 32.2. The van der Waals surface area contributed by atoms with Crippen molar-refractivity contribution in [3.63, 3.8) is 0 Å². The number of ether oxygens (including phenoxy) is 2. The summed E-state index contributed by atoms with van der Waals surface area (Å²) in [4.78, 5) is 16.5. The van der Waals surface area contributed by atoms with Gasteiger partial charge in [0.1, 0.15) is 6.33 Å². The highest BCUT2D eigenvalue weighted by Gasteiger charge is 2.16. The number of Topliss-reactive ketones (excluding diaryl/α,β-unsaturated/α-hetero) is 1. The molecule has 120 valence electrons. The van der Waals surface area contributed by atoms with Crippen molar-refractivity contribution in [1.29, 1.82) is 0 Å². The van der Waals surface area contributed by atoms with Crippen LogP contribution in [-0.4, -0.2) is 33.1 Å². The Morgan fingerprint density at radius 3 is 2.83 bits per heavy atom. The number of thioether (sulfide) groups is 1. The molecule has 0 bridgehead atoms. The van der Waals surface area contributed by atoms with Crippen LogP contribution in [0.1, 0.15) is 10.4 Å². The van der Waals surface area contributed by atoms with Crippen molar-refractivity contribution in [3.8, 4) is 17.2 Å². The highest BCUT2D eigenvalue weighted by molar-refractivity contribution is 7.99. The van der Waals surface area contributed by atoms with Gasteiger partial charge in [0.15, 0.2) is 17.3 Å². The van der Waals surface area contributed by atoms with E-state index in [1.54, 1.807) is 29.2 Å². The third-order valence-corrected chi connectivity index (χ3v) is 4.37. The Balaban J connectivity index is 1.42. The van der Waals surface area contributed by atoms with E-state index in [2.05, 4.69) is 10.1 Å². The molecule has 24 heavy (non-hydrogen) atoms. The number of carbonyl (C=O) groups excluding carboxylic acids is 1. The first kappa shape index (κ1) is 14.8. The zero-order chi connectivity index (χ0) is 16.4. The van der Waals surface area contributed by atoms with Gasteiger partial charge in [-0.15, -0.1) is 5.10 Å². The molecule has 1 aliphatic rings. The first-order valence-corrected chi connectivity index (χ1v) is 8.31. The predicted octanol–water partition coefficient (Wildman–Crippen LogP) is 2.97. The molecule has 3 aromatic rings. The average Bonchev–Trinajstić information content (AvgIpc) is 3.29. The van der Waals surface area contributed by atoms with Crippen LogP contribution in [0.15, 0.2) is 60.0 Å². The van der Waals surface area contributed by atoms with Gasteiger partial charge < -0.3 is 9.47 Å². The topological polar surface area (TPSA) is 66.2 Å². The van der Waals surface area contributed by atoms with Crippen molar-refractivity contribution in [2.45, 2.75) is 5.16 Å². The molecule has 6 nitrogen and oxygen atoms in total. The minimum atomic E-state index is -0.00522. The number of carbonyl (C=O) groups is 1. The average molecular weight is 339 g/mol. The van der Waals surface area contributed by atoms with Crippen molar-refractivity contribution in [1.82, 2.24) is 14.8 Å². The van der Waals surface area contributed by atoms with Crippen LogP contribution in [-0.2, 0) is 0 Å². The Hall–Kier alpha value is -2.80. The molecule has 0 N–H and O–H groups in total. The Kier molecular flexibility index (Phi) is 3.92. The molecule has 1 aromatic heterocycles. The summed E-state index contributed by atoms with van der Waals surface area (Å²) in [6.45, 7) is 0.197. The zero-order valence-electron chi connectivity index (χ0n) is 12.6. The maximum absolute atomic E-state index is 12.3. The first-order chi connectivity index (χ1) is 11.8. The summed E-state index contributed by atoms with van der Waals surface area (Å²) in [5.74, 6) is 1.53. The maximum atomic E-state index is 12.3.